The first-order chi connectivity index (χ1) is 15.5. The summed E-state index contributed by atoms with van der Waals surface area (Å²) in [6.07, 6.45) is 2.87. The Morgan fingerprint density at radius 2 is 1.84 bits per heavy atom. The van der Waals surface area contributed by atoms with Crippen LogP contribution < -0.4 is 9.64 Å². The summed E-state index contributed by atoms with van der Waals surface area (Å²) in [6.45, 7) is 4.28. The number of benzene rings is 2. The molecule has 1 fully saturated rings. The molecule has 2 aliphatic rings. The molecule has 2 unspecified atom stereocenters. The van der Waals surface area contributed by atoms with Crippen molar-refractivity contribution in [1.82, 2.24) is 4.90 Å². The highest BCUT2D eigenvalue weighted by molar-refractivity contribution is 7.98. The van der Waals surface area contributed by atoms with Gasteiger partial charge in [0, 0.05) is 36.6 Å². The fourth-order valence-electron chi connectivity index (χ4n) is 4.28. The van der Waals surface area contributed by atoms with E-state index in [9.17, 15) is 9.59 Å². The molecule has 2 aliphatic heterocycles. The minimum atomic E-state index is -0.892. The Bertz CT molecular complexity index is 1030. The fraction of sp³-hybridized carbons (Fsp3) is 0.360. The van der Waals surface area contributed by atoms with E-state index in [1.165, 1.54) is 16.8 Å². The Hall–Kier alpha value is -2.93. The van der Waals surface area contributed by atoms with Gasteiger partial charge in [-0.1, -0.05) is 24.3 Å². The largest absolute Gasteiger partial charge is 0.497 e. The fourth-order valence-corrected chi connectivity index (χ4v) is 4.90. The minimum Gasteiger partial charge on any atom is -0.497 e. The smallest absolute Gasteiger partial charge is 0.237 e. The highest BCUT2D eigenvalue weighted by Crippen LogP contribution is 2.36. The van der Waals surface area contributed by atoms with Gasteiger partial charge < -0.3 is 19.3 Å². The third-order valence-electron chi connectivity index (χ3n) is 6.07. The number of ether oxygens (including phenoxy) is 2. The van der Waals surface area contributed by atoms with Crippen LogP contribution in [0, 0.1) is 5.92 Å². The van der Waals surface area contributed by atoms with E-state index in [1.54, 1.807) is 30.7 Å². The van der Waals surface area contributed by atoms with Gasteiger partial charge in [-0.25, -0.2) is 0 Å². The highest BCUT2D eigenvalue weighted by Gasteiger charge is 2.43. The highest BCUT2D eigenvalue weighted by atomic mass is 32.2. The summed E-state index contributed by atoms with van der Waals surface area (Å²) in [6, 6.07) is 15.7. The SMILES string of the molecule is COc1cccc(C2OC=C(C)C(=O)C2C(=O)N2CCN(c3ccccc3SC)CC2)c1. The van der Waals surface area contributed by atoms with Gasteiger partial charge >= 0.3 is 0 Å². The molecule has 0 aliphatic carbocycles. The maximum Gasteiger partial charge on any atom is 0.237 e. The molecule has 1 saturated heterocycles. The average Bonchev–Trinajstić information content (AvgIpc) is 2.85. The van der Waals surface area contributed by atoms with Crippen molar-refractivity contribution in [2.75, 3.05) is 44.4 Å². The van der Waals surface area contributed by atoms with Crippen LogP contribution in [0.25, 0.3) is 0 Å². The maximum atomic E-state index is 13.6. The number of thioether (sulfide) groups is 1. The standard InChI is InChI=1S/C25H28N2O4S/c1-17-16-31-24(18-7-6-8-19(15-18)30-2)22(23(17)28)25(29)27-13-11-26(12-14-27)20-9-4-5-10-21(20)32-3/h4-10,15-16,22,24H,11-14H2,1-3H3. The number of piperazine rings is 1. The Kier molecular flexibility index (Phi) is 6.74. The average molecular weight is 453 g/mol. The molecule has 4 rings (SSSR count). The van der Waals surface area contributed by atoms with Crippen molar-refractivity contribution in [3.63, 3.8) is 0 Å². The lowest BCUT2D eigenvalue weighted by atomic mass is 9.86. The number of para-hydroxylation sites is 1. The molecule has 0 radical (unpaired) electrons. The zero-order valence-corrected chi connectivity index (χ0v) is 19.4. The van der Waals surface area contributed by atoms with Gasteiger partial charge in [0.2, 0.25) is 5.91 Å². The van der Waals surface area contributed by atoms with E-state index < -0.39 is 12.0 Å². The number of Topliss-reactive ketones (excluding diaryl/α,β-unsaturated/α-hetero) is 1. The first-order valence-electron chi connectivity index (χ1n) is 10.7. The molecule has 1 amide bonds. The van der Waals surface area contributed by atoms with Gasteiger partial charge in [0.1, 0.15) is 17.8 Å². The normalized spacial score (nSPS) is 21.1. The Morgan fingerprint density at radius 3 is 2.56 bits per heavy atom. The van der Waals surface area contributed by atoms with E-state index in [4.69, 9.17) is 9.47 Å². The lowest BCUT2D eigenvalue weighted by Crippen LogP contribution is -2.53. The summed E-state index contributed by atoms with van der Waals surface area (Å²) in [7, 11) is 1.59. The molecule has 32 heavy (non-hydrogen) atoms. The molecule has 2 heterocycles. The molecule has 0 N–H and O–H groups in total. The monoisotopic (exact) mass is 452 g/mol. The Labute approximate surface area is 193 Å². The van der Waals surface area contributed by atoms with Gasteiger partial charge in [0.05, 0.1) is 19.1 Å². The number of rotatable bonds is 5. The van der Waals surface area contributed by atoms with Gasteiger partial charge in [0.25, 0.3) is 0 Å². The third kappa shape index (κ3) is 4.35. The zero-order valence-electron chi connectivity index (χ0n) is 18.6. The van der Waals surface area contributed by atoms with Crippen molar-refractivity contribution in [1.29, 1.82) is 0 Å². The molecule has 2 aromatic rings. The summed E-state index contributed by atoms with van der Waals surface area (Å²) in [5.41, 5.74) is 2.42. The summed E-state index contributed by atoms with van der Waals surface area (Å²) >= 11 is 1.72. The third-order valence-corrected chi connectivity index (χ3v) is 6.86. The van der Waals surface area contributed by atoms with Crippen LogP contribution in [0.2, 0.25) is 0 Å². The second-order valence-corrected chi connectivity index (χ2v) is 8.81. The van der Waals surface area contributed by atoms with Crippen LogP contribution in [-0.4, -0.2) is 56.1 Å². The molecular formula is C25H28N2O4S. The lowest BCUT2D eigenvalue weighted by molar-refractivity contribution is -0.147. The van der Waals surface area contributed by atoms with Crippen LogP contribution in [-0.2, 0) is 14.3 Å². The van der Waals surface area contributed by atoms with E-state index >= 15 is 0 Å². The second kappa shape index (κ2) is 9.69. The van der Waals surface area contributed by atoms with E-state index in [0.29, 0.717) is 24.4 Å². The predicted octanol–water partition coefficient (Wildman–Crippen LogP) is 3.93. The number of anilines is 1. The van der Waals surface area contributed by atoms with Crippen molar-refractivity contribution < 1.29 is 19.1 Å². The number of carbonyl (C=O) groups excluding carboxylic acids is 2. The van der Waals surface area contributed by atoms with E-state index in [0.717, 1.165) is 18.7 Å². The molecular weight excluding hydrogens is 424 g/mol. The van der Waals surface area contributed by atoms with Crippen molar-refractivity contribution >= 4 is 29.1 Å². The summed E-state index contributed by atoms with van der Waals surface area (Å²) < 4.78 is 11.2. The number of nitrogens with zero attached hydrogens (tertiary/aromatic N) is 2. The van der Waals surface area contributed by atoms with Gasteiger partial charge in [-0.05, 0) is 43.0 Å². The van der Waals surface area contributed by atoms with Crippen LogP contribution in [0.1, 0.15) is 18.6 Å². The van der Waals surface area contributed by atoms with Gasteiger partial charge in [-0.3, -0.25) is 9.59 Å². The quantitative estimate of drug-likeness (QED) is 0.506. The Morgan fingerprint density at radius 1 is 1.09 bits per heavy atom. The van der Waals surface area contributed by atoms with E-state index in [1.807, 2.05) is 36.4 Å². The summed E-state index contributed by atoms with van der Waals surface area (Å²) in [5, 5.41) is 0. The Balaban J connectivity index is 1.53. The number of hydrogen-bond acceptors (Lipinski definition) is 6. The number of amides is 1. The first-order valence-corrected chi connectivity index (χ1v) is 11.9. The van der Waals surface area contributed by atoms with Gasteiger partial charge in [-0.2, -0.15) is 0 Å². The maximum absolute atomic E-state index is 13.6. The number of ketones is 1. The topological polar surface area (TPSA) is 59.1 Å². The van der Waals surface area contributed by atoms with E-state index in [-0.39, 0.29) is 11.7 Å². The van der Waals surface area contributed by atoms with Crippen molar-refractivity contribution in [3.05, 3.63) is 65.9 Å². The lowest BCUT2D eigenvalue weighted by Gasteiger charge is -2.39. The second-order valence-electron chi connectivity index (χ2n) is 7.96. The van der Waals surface area contributed by atoms with Crippen LogP contribution in [0.5, 0.6) is 5.75 Å². The molecule has 7 heteroatoms. The van der Waals surface area contributed by atoms with Crippen molar-refractivity contribution in [2.24, 2.45) is 5.92 Å². The predicted molar refractivity (Wildman–Crippen MR) is 126 cm³/mol. The molecule has 2 atom stereocenters. The molecule has 2 aromatic carbocycles. The van der Waals surface area contributed by atoms with Gasteiger partial charge in [0.15, 0.2) is 5.78 Å². The summed E-state index contributed by atoms with van der Waals surface area (Å²) in [4.78, 5) is 32.0. The molecule has 168 valence electrons. The number of hydrogen-bond donors (Lipinski definition) is 0. The number of carbonyl (C=O) groups is 2. The first kappa shape index (κ1) is 22.3. The van der Waals surface area contributed by atoms with Crippen LogP contribution in [0.3, 0.4) is 0 Å². The number of methoxy groups -OCH3 is 1. The van der Waals surface area contributed by atoms with Crippen LogP contribution in [0.4, 0.5) is 5.69 Å². The van der Waals surface area contributed by atoms with Crippen molar-refractivity contribution in [2.45, 2.75) is 17.9 Å². The molecule has 0 spiro atoms. The summed E-state index contributed by atoms with van der Waals surface area (Å²) in [5.74, 6) is -0.577. The zero-order chi connectivity index (χ0) is 22.7. The van der Waals surface area contributed by atoms with Crippen LogP contribution >= 0.6 is 11.8 Å². The van der Waals surface area contributed by atoms with Gasteiger partial charge in [-0.15, -0.1) is 11.8 Å². The molecule has 0 aromatic heterocycles. The number of allylic oxidation sites excluding steroid dienone is 1. The van der Waals surface area contributed by atoms with Crippen LogP contribution in [0.15, 0.2) is 65.3 Å². The molecule has 0 saturated carbocycles. The van der Waals surface area contributed by atoms with E-state index in [2.05, 4.69) is 23.3 Å². The van der Waals surface area contributed by atoms with Crippen molar-refractivity contribution in [3.8, 4) is 5.75 Å². The molecule has 6 nitrogen and oxygen atoms in total. The molecule has 0 bridgehead atoms. The minimum absolute atomic E-state index is 0.173.